The van der Waals surface area contributed by atoms with Crippen LogP contribution in [-0.2, 0) is 6.54 Å². The van der Waals surface area contributed by atoms with Gasteiger partial charge in [-0.3, -0.25) is 0 Å². The van der Waals surface area contributed by atoms with Gasteiger partial charge in [0, 0.05) is 17.5 Å². The molecule has 0 bridgehead atoms. The van der Waals surface area contributed by atoms with E-state index < -0.39 is 0 Å². The van der Waals surface area contributed by atoms with E-state index in [1.54, 1.807) is 6.92 Å². The molecule has 0 radical (unpaired) electrons. The number of nitriles is 1. The monoisotopic (exact) mass is 224 g/mol. The first-order valence-corrected chi connectivity index (χ1v) is 5.83. The highest BCUT2D eigenvalue weighted by atomic mass is 32.1. The number of nitrogens with one attached hydrogen (secondary N) is 1. The molecule has 1 aromatic rings. The van der Waals surface area contributed by atoms with Gasteiger partial charge in [-0.15, -0.1) is 11.3 Å². The van der Waals surface area contributed by atoms with Gasteiger partial charge in [-0.1, -0.05) is 0 Å². The zero-order valence-electron chi connectivity index (χ0n) is 9.03. The average Bonchev–Trinajstić information content (AvgIpc) is 2.61. The fourth-order valence-electron chi connectivity index (χ4n) is 1.40. The average molecular weight is 224 g/mol. The topological polar surface area (TPSA) is 56.0 Å². The molecule has 0 saturated heterocycles. The number of hydrogen-bond donors (Lipinski definition) is 2. The first-order chi connectivity index (χ1) is 7.11. The molecule has 4 heteroatoms. The Bertz CT molecular complexity index is 341. The lowest BCUT2D eigenvalue weighted by molar-refractivity contribution is 0.170. The smallest absolute Gasteiger partial charge is 0.110 e. The first kappa shape index (κ1) is 12.2. The largest absolute Gasteiger partial charge is 0.393 e. The molecule has 0 aliphatic carbocycles. The molecule has 15 heavy (non-hydrogen) atoms. The van der Waals surface area contributed by atoms with Gasteiger partial charge in [0.1, 0.15) is 10.9 Å². The van der Waals surface area contributed by atoms with Gasteiger partial charge in [-0.25, -0.2) is 0 Å². The van der Waals surface area contributed by atoms with E-state index in [1.165, 1.54) is 11.3 Å². The van der Waals surface area contributed by atoms with Crippen molar-refractivity contribution in [3.8, 4) is 6.07 Å². The third-order valence-electron chi connectivity index (χ3n) is 2.09. The van der Waals surface area contributed by atoms with Crippen LogP contribution in [0.25, 0.3) is 0 Å². The second kappa shape index (κ2) is 5.86. The van der Waals surface area contributed by atoms with Crippen LogP contribution in [0.4, 0.5) is 0 Å². The Kier molecular flexibility index (Phi) is 4.76. The van der Waals surface area contributed by atoms with Crippen molar-refractivity contribution in [2.75, 3.05) is 0 Å². The summed E-state index contributed by atoms with van der Waals surface area (Å²) in [4.78, 5) is 1.90. The minimum Gasteiger partial charge on any atom is -0.393 e. The predicted octanol–water partition coefficient (Wildman–Crippen LogP) is 1.87. The molecule has 0 aromatic carbocycles. The summed E-state index contributed by atoms with van der Waals surface area (Å²) in [5, 5.41) is 21.1. The lowest BCUT2D eigenvalue weighted by atomic mass is 10.1. The minimum absolute atomic E-state index is 0.273. The van der Waals surface area contributed by atoms with Gasteiger partial charge in [0.15, 0.2) is 0 Å². The van der Waals surface area contributed by atoms with Crippen molar-refractivity contribution in [2.24, 2.45) is 0 Å². The number of hydrogen-bond acceptors (Lipinski definition) is 4. The molecule has 1 heterocycles. The van der Waals surface area contributed by atoms with Crippen molar-refractivity contribution >= 4 is 11.3 Å². The van der Waals surface area contributed by atoms with Crippen LogP contribution in [0.1, 0.15) is 30.0 Å². The lowest BCUT2D eigenvalue weighted by Crippen LogP contribution is -2.28. The molecule has 0 saturated carbocycles. The molecule has 82 valence electrons. The van der Waals surface area contributed by atoms with Crippen molar-refractivity contribution in [1.29, 1.82) is 5.26 Å². The Balaban J connectivity index is 2.34. The van der Waals surface area contributed by atoms with Crippen molar-refractivity contribution in [3.05, 3.63) is 21.9 Å². The normalized spacial score (nSPS) is 14.5. The number of thiophene rings is 1. The van der Waals surface area contributed by atoms with E-state index in [9.17, 15) is 5.11 Å². The summed E-state index contributed by atoms with van der Waals surface area (Å²) in [6, 6.07) is 6.21. The summed E-state index contributed by atoms with van der Waals surface area (Å²) >= 11 is 1.51. The molecular weight excluding hydrogens is 208 g/mol. The molecule has 0 amide bonds. The highest BCUT2D eigenvalue weighted by molar-refractivity contribution is 7.12. The van der Waals surface area contributed by atoms with Gasteiger partial charge in [-0.05, 0) is 32.4 Å². The summed E-state index contributed by atoms with van der Waals surface area (Å²) in [6.07, 6.45) is 0.474. The highest BCUT2D eigenvalue weighted by Crippen LogP contribution is 2.15. The van der Waals surface area contributed by atoms with Crippen LogP contribution < -0.4 is 5.32 Å². The van der Waals surface area contributed by atoms with E-state index in [-0.39, 0.29) is 12.1 Å². The van der Waals surface area contributed by atoms with E-state index in [0.717, 1.165) is 22.7 Å². The molecule has 2 N–H and O–H groups in total. The predicted molar refractivity (Wildman–Crippen MR) is 61.6 cm³/mol. The highest BCUT2D eigenvalue weighted by Gasteiger charge is 2.06. The van der Waals surface area contributed by atoms with Crippen molar-refractivity contribution in [2.45, 2.75) is 39.0 Å². The number of rotatable bonds is 5. The van der Waals surface area contributed by atoms with E-state index in [0.29, 0.717) is 0 Å². The molecule has 3 nitrogen and oxygen atoms in total. The molecule has 2 unspecified atom stereocenters. The third-order valence-corrected chi connectivity index (χ3v) is 3.08. The van der Waals surface area contributed by atoms with Crippen molar-refractivity contribution in [3.63, 3.8) is 0 Å². The standard InChI is InChI=1S/C11H16N2OS/c1-8(5-9(2)14)13-7-11-4-3-10(6-12)15-11/h3-4,8-9,13-14H,5,7H2,1-2H3. The van der Waals surface area contributed by atoms with Gasteiger partial charge in [-0.2, -0.15) is 5.26 Å². The molecule has 0 spiro atoms. The van der Waals surface area contributed by atoms with Crippen molar-refractivity contribution < 1.29 is 5.11 Å². The summed E-state index contributed by atoms with van der Waals surface area (Å²) < 4.78 is 0. The van der Waals surface area contributed by atoms with Crippen LogP contribution in [0.3, 0.4) is 0 Å². The van der Waals surface area contributed by atoms with E-state index in [4.69, 9.17) is 5.26 Å². The summed E-state index contributed by atoms with van der Waals surface area (Å²) in [5.41, 5.74) is 0. The third kappa shape index (κ3) is 4.43. The van der Waals surface area contributed by atoms with Crippen LogP contribution in [0, 0.1) is 11.3 Å². The molecule has 1 rings (SSSR count). The first-order valence-electron chi connectivity index (χ1n) is 5.02. The van der Waals surface area contributed by atoms with Crippen LogP contribution >= 0.6 is 11.3 Å². The molecule has 2 atom stereocenters. The van der Waals surface area contributed by atoms with Gasteiger partial charge in [0.2, 0.25) is 0 Å². The molecule has 0 aliphatic heterocycles. The summed E-state index contributed by atoms with van der Waals surface area (Å²) in [6.45, 7) is 4.60. The Labute approximate surface area is 94.4 Å². The van der Waals surface area contributed by atoms with Crippen LogP contribution in [-0.4, -0.2) is 17.3 Å². The second-order valence-electron chi connectivity index (χ2n) is 3.74. The quantitative estimate of drug-likeness (QED) is 0.802. The maximum absolute atomic E-state index is 9.18. The molecule has 1 aromatic heterocycles. The lowest BCUT2D eigenvalue weighted by Gasteiger charge is -2.14. The van der Waals surface area contributed by atoms with E-state index in [1.807, 2.05) is 19.1 Å². The zero-order chi connectivity index (χ0) is 11.3. The number of aliphatic hydroxyl groups is 1. The van der Waals surface area contributed by atoms with Gasteiger partial charge in [0.25, 0.3) is 0 Å². The van der Waals surface area contributed by atoms with E-state index >= 15 is 0 Å². The van der Waals surface area contributed by atoms with E-state index in [2.05, 4.69) is 11.4 Å². The van der Waals surface area contributed by atoms with Crippen LogP contribution in [0.2, 0.25) is 0 Å². The second-order valence-corrected chi connectivity index (χ2v) is 4.91. The van der Waals surface area contributed by atoms with Gasteiger partial charge in [0.05, 0.1) is 6.10 Å². The Morgan fingerprint density at radius 1 is 1.53 bits per heavy atom. The Hall–Kier alpha value is -0.890. The van der Waals surface area contributed by atoms with Gasteiger partial charge < -0.3 is 10.4 Å². The Morgan fingerprint density at radius 3 is 2.80 bits per heavy atom. The fraction of sp³-hybridized carbons (Fsp3) is 0.545. The molecule has 0 fully saturated rings. The maximum atomic E-state index is 9.18. The van der Waals surface area contributed by atoms with Gasteiger partial charge >= 0.3 is 0 Å². The maximum Gasteiger partial charge on any atom is 0.110 e. The van der Waals surface area contributed by atoms with Crippen molar-refractivity contribution in [1.82, 2.24) is 5.32 Å². The molecular formula is C11H16N2OS. The number of aliphatic hydroxyl groups excluding tert-OH is 1. The summed E-state index contributed by atoms with van der Waals surface area (Å²) in [5.74, 6) is 0. The zero-order valence-corrected chi connectivity index (χ0v) is 9.84. The number of nitrogens with zero attached hydrogens (tertiary/aromatic N) is 1. The fourth-order valence-corrected chi connectivity index (χ4v) is 2.16. The Morgan fingerprint density at radius 2 is 2.27 bits per heavy atom. The SMILES string of the molecule is CC(O)CC(C)NCc1ccc(C#N)s1. The van der Waals surface area contributed by atoms with Crippen LogP contribution in [0.15, 0.2) is 12.1 Å². The minimum atomic E-state index is -0.273. The molecule has 0 aliphatic rings. The van der Waals surface area contributed by atoms with Crippen LogP contribution in [0.5, 0.6) is 0 Å². The summed E-state index contributed by atoms with van der Waals surface area (Å²) in [7, 11) is 0.